The van der Waals surface area contributed by atoms with Crippen molar-refractivity contribution in [1.82, 2.24) is 15.0 Å². The minimum atomic E-state index is -0.0919. The van der Waals surface area contributed by atoms with Gasteiger partial charge in [0.05, 0.1) is 24.3 Å². The summed E-state index contributed by atoms with van der Waals surface area (Å²) in [5.74, 6) is 0. The van der Waals surface area contributed by atoms with Gasteiger partial charge < -0.3 is 4.74 Å². The highest BCUT2D eigenvalue weighted by atomic mass is 16.5. The van der Waals surface area contributed by atoms with Crippen LogP contribution >= 0.6 is 0 Å². The molecule has 0 spiro atoms. The minimum absolute atomic E-state index is 0.0919. The fourth-order valence-electron chi connectivity index (χ4n) is 1.45. The van der Waals surface area contributed by atoms with Crippen molar-refractivity contribution in [1.29, 1.82) is 5.26 Å². The molecule has 82 valence electrons. The lowest BCUT2D eigenvalue weighted by atomic mass is 10.1. The van der Waals surface area contributed by atoms with E-state index in [1.54, 1.807) is 11.8 Å². The Morgan fingerprint density at radius 2 is 2.13 bits per heavy atom. The highest BCUT2D eigenvalue weighted by molar-refractivity contribution is 5.17. The lowest BCUT2D eigenvalue weighted by molar-refractivity contribution is 0.109. The van der Waals surface area contributed by atoms with Crippen LogP contribution in [0.15, 0.2) is 0 Å². The fraction of sp³-hybridized carbons (Fsp3) is 0.700. The summed E-state index contributed by atoms with van der Waals surface area (Å²) in [5.41, 5.74) is 1.61. The maximum atomic E-state index is 8.68. The number of nitriles is 1. The maximum absolute atomic E-state index is 8.68. The Labute approximate surface area is 89.7 Å². The van der Waals surface area contributed by atoms with Gasteiger partial charge in [-0.25, -0.2) is 4.68 Å². The van der Waals surface area contributed by atoms with Crippen molar-refractivity contribution in [3.63, 3.8) is 0 Å². The Morgan fingerprint density at radius 3 is 2.60 bits per heavy atom. The Morgan fingerprint density at radius 1 is 1.47 bits per heavy atom. The lowest BCUT2D eigenvalue weighted by Gasteiger charge is -2.15. The van der Waals surface area contributed by atoms with E-state index in [2.05, 4.69) is 16.4 Å². The van der Waals surface area contributed by atoms with Crippen LogP contribution in [0.1, 0.15) is 44.3 Å². The van der Waals surface area contributed by atoms with E-state index in [0.29, 0.717) is 5.69 Å². The summed E-state index contributed by atoms with van der Waals surface area (Å²) in [6, 6.07) is 2.30. The summed E-state index contributed by atoms with van der Waals surface area (Å²) in [4.78, 5) is 0. The van der Waals surface area contributed by atoms with Gasteiger partial charge in [0.1, 0.15) is 5.69 Å². The van der Waals surface area contributed by atoms with E-state index < -0.39 is 0 Å². The summed E-state index contributed by atoms with van der Waals surface area (Å²) >= 11 is 0. The van der Waals surface area contributed by atoms with Crippen molar-refractivity contribution in [3.05, 3.63) is 11.4 Å². The molecule has 0 amide bonds. The van der Waals surface area contributed by atoms with Crippen LogP contribution in [-0.2, 0) is 11.2 Å². The number of rotatable bonds is 4. The van der Waals surface area contributed by atoms with E-state index in [1.807, 2.05) is 20.8 Å². The Hall–Kier alpha value is -1.41. The van der Waals surface area contributed by atoms with Gasteiger partial charge in [-0.15, -0.1) is 5.10 Å². The normalized spacial score (nSPS) is 12.8. The first-order chi connectivity index (χ1) is 7.11. The lowest BCUT2D eigenvalue weighted by Crippen LogP contribution is -2.12. The zero-order valence-corrected chi connectivity index (χ0v) is 9.56. The summed E-state index contributed by atoms with van der Waals surface area (Å²) in [7, 11) is 1.64. The molecule has 0 aliphatic rings. The van der Waals surface area contributed by atoms with Crippen LogP contribution in [0.4, 0.5) is 0 Å². The van der Waals surface area contributed by atoms with Crippen molar-refractivity contribution in [2.24, 2.45) is 0 Å². The van der Waals surface area contributed by atoms with Crippen molar-refractivity contribution in [2.75, 3.05) is 7.11 Å². The molecule has 0 aliphatic carbocycles. The number of hydrogen-bond acceptors (Lipinski definition) is 4. The average Bonchev–Trinajstić information content (AvgIpc) is 2.61. The number of nitrogens with zero attached hydrogens (tertiary/aromatic N) is 4. The van der Waals surface area contributed by atoms with Gasteiger partial charge in [0.2, 0.25) is 0 Å². The molecule has 1 heterocycles. The van der Waals surface area contributed by atoms with Crippen LogP contribution in [0.3, 0.4) is 0 Å². The Balaban J connectivity index is 3.15. The smallest absolute Gasteiger partial charge is 0.103 e. The maximum Gasteiger partial charge on any atom is 0.103 e. The van der Waals surface area contributed by atoms with Crippen molar-refractivity contribution in [3.8, 4) is 6.07 Å². The van der Waals surface area contributed by atoms with Crippen molar-refractivity contribution < 1.29 is 4.74 Å². The highest BCUT2D eigenvalue weighted by Gasteiger charge is 2.19. The molecule has 0 saturated carbocycles. The quantitative estimate of drug-likeness (QED) is 0.754. The largest absolute Gasteiger partial charge is 0.375 e. The molecule has 1 aromatic rings. The van der Waals surface area contributed by atoms with Crippen LogP contribution in [0.25, 0.3) is 0 Å². The van der Waals surface area contributed by atoms with E-state index in [4.69, 9.17) is 10.00 Å². The molecule has 0 aromatic carbocycles. The van der Waals surface area contributed by atoms with E-state index in [0.717, 1.165) is 5.69 Å². The van der Waals surface area contributed by atoms with E-state index >= 15 is 0 Å². The SMILES string of the molecule is COC(C)c1c(CC#N)nnn1C(C)C. The van der Waals surface area contributed by atoms with Gasteiger partial charge in [-0.2, -0.15) is 5.26 Å². The standard InChI is InChI=1S/C10H16N4O/c1-7(2)14-10(8(3)15-4)9(5-6-11)12-13-14/h7-8H,5H2,1-4H3. The topological polar surface area (TPSA) is 63.7 Å². The summed E-state index contributed by atoms with van der Waals surface area (Å²) in [6.07, 6.45) is 0.182. The van der Waals surface area contributed by atoms with Gasteiger partial charge in [-0.05, 0) is 20.8 Å². The summed E-state index contributed by atoms with van der Waals surface area (Å²) in [6.45, 7) is 5.98. The van der Waals surface area contributed by atoms with Gasteiger partial charge in [0.15, 0.2) is 0 Å². The van der Waals surface area contributed by atoms with Crippen molar-refractivity contribution >= 4 is 0 Å². The molecule has 1 atom stereocenters. The van der Waals surface area contributed by atoms with Crippen molar-refractivity contribution in [2.45, 2.75) is 39.3 Å². The first-order valence-corrected chi connectivity index (χ1v) is 4.95. The monoisotopic (exact) mass is 208 g/mol. The molecule has 0 bridgehead atoms. The van der Waals surface area contributed by atoms with Gasteiger partial charge in [0, 0.05) is 13.2 Å². The Kier molecular flexibility index (Phi) is 3.81. The zero-order valence-electron chi connectivity index (χ0n) is 9.56. The second kappa shape index (κ2) is 4.89. The molecule has 0 radical (unpaired) electrons. The number of aromatic nitrogens is 3. The zero-order chi connectivity index (χ0) is 11.4. The Bertz CT molecular complexity index is 364. The van der Waals surface area contributed by atoms with E-state index in [-0.39, 0.29) is 18.6 Å². The molecule has 1 aromatic heterocycles. The highest BCUT2D eigenvalue weighted by Crippen LogP contribution is 2.21. The fourth-order valence-corrected chi connectivity index (χ4v) is 1.45. The molecule has 0 fully saturated rings. The second-order valence-corrected chi connectivity index (χ2v) is 3.67. The van der Waals surface area contributed by atoms with Gasteiger partial charge in [-0.1, -0.05) is 5.21 Å². The van der Waals surface area contributed by atoms with E-state index in [1.165, 1.54) is 0 Å². The molecule has 0 aliphatic heterocycles. The van der Waals surface area contributed by atoms with Gasteiger partial charge in [-0.3, -0.25) is 0 Å². The van der Waals surface area contributed by atoms with Crippen LogP contribution in [0.5, 0.6) is 0 Å². The molecule has 15 heavy (non-hydrogen) atoms. The molecule has 0 N–H and O–H groups in total. The van der Waals surface area contributed by atoms with Gasteiger partial charge >= 0.3 is 0 Å². The third-order valence-corrected chi connectivity index (χ3v) is 2.28. The average molecular weight is 208 g/mol. The first-order valence-electron chi connectivity index (χ1n) is 4.95. The van der Waals surface area contributed by atoms with Crippen LogP contribution in [0.2, 0.25) is 0 Å². The molecule has 5 nitrogen and oxygen atoms in total. The molecule has 5 heteroatoms. The summed E-state index contributed by atoms with van der Waals surface area (Å²) in [5, 5.41) is 16.7. The number of ether oxygens (including phenoxy) is 1. The summed E-state index contributed by atoms with van der Waals surface area (Å²) < 4.78 is 7.07. The molecular formula is C10H16N4O. The number of hydrogen-bond donors (Lipinski definition) is 0. The molecule has 0 saturated heterocycles. The molecule has 1 rings (SSSR count). The molecule has 1 unspecified atom stereocenters. The van der Waals surface area contributed by atoms with E-state index in [9.17, 15) is 0 Å². The predicted octanol–water partition coefficient (Wildman–Crippen LogP) is 1.63. The first kappa shape index (κ1) is 11.7. The van der Waals surface area contributed by atoms with Crippen LogP contribution in [0, 0.1) is 11.3 Å². The second-order valence-electron chi connectivity index (χ2n) is 3.67. The molecular weight excluding hydrogens is 192 g/mol. The van der Waals surface area contributed by atoms with Crippen LogP contribution < -0.4 is 0 Å². The third kappa shape index (κ3) is 2.34. The van der Waals surface area contributed by atoms with Gasteiger partial charge in [0.25, 0.3) is 0 Å². The predicted molar refractivity (Wildman–Crippen MR) is 55.1 cm³/mol. The minimum Gasteiger partial charge on any atom is -0.375 e. The van der Waals surface area contributed by atoms with Crippen LogP contribution in [-0.4, -0.2) is 22.1 Å². The number of methoxy groups -OCH3 is 1. The third-order valence-electron chi connectivity index (χ3n) is 2.28.